The minimum absolute atomic E-state index is 0.616. The molecule has 3 rings (SSSR count). The summed E-state index contributed by atoms with van der Waals surface area (Å²) in [6.07, 6.45) is 3.53. The first-order valence-electron chi connectivity index (χ1n) is 9.36. The lowest BCUT2D eigenvalue weighted by Gasteiger charge is -2.10. The van der Waals surface area contributed by atoms with Gasteiger partial charge in [0.05, 0.1) is 6.61 Å². The summed E-state index contributed by atoms with van der Waals surface area (Å²) < 4.78 is 9.10. The number of benzene rings is 2. The van der Waals surface area contributed by atoms with Crippen LogP contribution in [0.15, 0.2) is 64.7 Å². The molecule has 0 amide bonds. The Morgan fingerprint density at radius 2 is 2.00 bits per heavy atom. The quantitative estimate of drug-likeness (QED) is 0.184. The van der Waals surface area contributed by atoms with Gasteiger partial charge >= 0.3 is 0 Å². The summed E-state index contributed by atoms with van der Waals surface area (Å²) in [6, 6.07) is 14.0. The molecule has 0 spiro atoms. The Kier molecular flexibility index (Phi) is 8.21. The summed E-state index contributed by atoms with van der Waals surface area (Å²) in [7, 11) is 0. The van der Waals surface area contributed by atoms with E-state index in [0.29, 0.717) is 13.2 Å². The van der Waals surface area contributed by atoms with Crippen molar-refractivity contribution in [3.05, 3.63) is 81.6 Å². The number of aromatic nitrogens is 3. The van der Waals surface area contributed by atoms with Crippen molar-refractivity contribution in [2.45, 2.75) is 37.2 Å². The van der Waals surface area contributed by atoms with Crippen molar-refractivity contribution in [1.82, 2.24) is 14.8 Å². The molecule has 1 heterocycles. The molecule has 0 radical (unpaired) electrons. The molecule has 0 atom stereocenters. The number of rotatable bonds is 10. The third kappa shape index (κ3) is 6.36. The van der Waals surface area contributed by atoms with E-state index in [0.717, 1.165) is 50.4 Å². The second-order valence-electron chi connectivity index (χ2n) is 6.58. The van der Waals surface area contributed by atoms with Crippen molar-refractivity contribution in [3.8, 4) is 5.75 Å². The summed E-state index contributed by atoms with van der Waals surface area (Å²) >= 11 is 11.2. The Bertz CT molecular complexity index is 959. The topological polar surface area (TPSA) is 39.9 Å². The Morgan fingerprint density at radius 1 is 1.21 bits per heavy atom. The molecule has 1 aromatic heterocycles. The average molecular weight is 493 g/mol. The number of hydrogen-bond donors (Lipinski definition) is 0. The fourth-order valence-corrected chi connectivity index (χ4v) is 4.25. The van der Waals surface area contributed by atoms with E-state index < -0.39 is 0 Å². The Balaban J connectivity index is 1.56. The third-order valence-corrected chi connectivity index (χ3v) is 6.13. The maximum Gasteiger partial charge on any atom is 0.191 e. The highest BCUT2D eigenvalue weighted by atomic mass is 79.9. The fraction of sp³-hybridized carbons (Fsp3) is 0.273. The van der Waals surface area contributed by atoms with Crippen LogP contribution in [0.25, 0.3) is 0 Å². The molecule has 0 saturated heterocycles. The molecule has 0 saturated carbocycles. The van der Waals surface area contributed by atoms with Gasteiger partial charge in [0.1, 0.15) is 11.6 Å². The lowest BCUT2D eigenvalue weighted by atomic mass is 10.2. The number of thioether (sulfide) groups is 1. The van der Waals surface area contributed by atoms with E-state index in [1.165, 1.54) is 5.56 Å². The van der Waals surface area contributed by atoms with Crippen LogP contribution < -0.4 is 4.74 Å². The number of ether oxygens (including phenoxy) is 1. The Morgan fingerprint density at radius 3 is 2.72 bits per heavy atom. The zero-order valence-electron chi connectivity index (χ0n) is 16.3. The number of hydrogen-bond acceptors (Lipinski definition) is 4. The van der Waals surface area contributed by atoms with E-state index in [9.17, 15) is 0 Å². The zero-order chi connectivity index (χ0) is 20.6. The van der Waals surface area contributed by atoms with E-state index in [-0.39, 0.29) is 0 Å². The van der Waals surface area contributed by atoms with Gasteiger partial charge in [-0.3, -0.25) is 0 Å². The van der Waals surface area contributed by atoms with Gasteiger partial charge in [0.25, 0.3) is 0 Å². The maximum atomic E-state index is 5.99. The molecule has 29 heavy (non-hydrogen) atoms. The second-order valence-corrected chi connectivity index (χ2v) is 8.87. The largest absolute Gasteiger partial charge is 0.493 e. The average Bonchev–Trinajstić information content (AvgIpc) is 3.08. The van der Waals surface area contributed by atoms with Crippen molar-refractivity contribution in [1.29, 1.82) is 0 Å². The molecule has 0 bridgehead atoms. The summed E-state index contributed by atoms with van der Waals surface area (Å²) in [5.41, 5.74) is 2.29. The predicted octanol–water partition coefficient (Wildman–Crippen LogP) is 6.49. The molecule has 0 unspecified atom stereocenters. The van der Waals surface area contributed by atoms with Crippen LogP contribution in [0.5, 0.6) is 5.75 Å². The van der Waals surface area contributed by atoms with Crippen LogP contribution in [0.3, 0.4) is 0 Å². The van der Waals surface area contributed by atoms with E-state index in [1.54, 1.807) is 11.8 Å². The van der Waals surface area contributed by atoms with E-state index >= 15 is 0 Å². The SMILES string of the molecule is C=CCn1c(CCCOc2ccc(Cl)cc2C)nnc1SCc1ccc(Br)cc1. The van der Waals surface area contributed by atoms with Crippen LogP contribution in [0.1, 0.15) is 23.4 Å². The van der Waals surface area contributed by atoms with Gasteiger partial charge in [-0.1, -0.05) is 57.5 Å². The van der Waals surface area contributed by atoms with Gasteiger partial charge in [0.15, 0.2) is 5.16 Å². The molecule has 0 aliphatic heterocycles. The van der Waals surface area contributed by atoms with Crippen molar-refractivity contribution in [2.75, 3.05) is 6.61 Å². The molecular weight excluding hydrogens is 470 g/mol. The highest BCUT2D eigenvalue weighted by molar-refractivity contribution is 9.10. The maximum absolute atomic E-state index is 5.99. The van der Waals surface area contributed by atoms with E-state index in [2.05, 4.69) is 61.5 Å². The fourth-order valence-electron chi connectivity index (χ4n) is 2.84. The molecule has 0 fully saturated rings. The smallest absolute Gasteiger partial charge is 0.191 e. The first-order valence-corrected chi connectivity index (χ1v) is 11.5. The predicted molar refractivity (Wildman–Crippen MR) is 124 cm³/mol. The molecule has 3 aromatic rings. The van der Waals surface area contributed by atoms with E-state index in [1.807, 2.05) is 31.2 Å². The summed E-state index contributed by atoms with van der Waals surface area (Å²) in [5, 5.41) is 10.4. The van der Waals surface area contributed by atoms with Crippen molar-refractivity contribution in [2.24, 2.45) is 0 Å². The van der Waals surface area contributed by atoms with Crippen LogP contribution in [-0.2, 0) is 18.7 Å². The third-order valence-electron chi connectivity index (χ3n) is 4.33. The molecule has 152 valence electrons. The van der Waals surface area contributed by atoms with Crippen LogP contribution in [0, 0.1) is 6.92 Å². The van der Waals surface area contributed by atoms with Crippen LogP contribution >= 0.6 is 39.3 Å². The van der Waals surface area contributed by atoms with Gasteiger partial charge in [0.2, 0.25) is 0 Å². The lowest BCUT2D eigenvalue weighted by molar-refractivity contribution is 0.307. The van der Waals surface area contributed by atoms with Gasteiger partial charge in [0, 0.05) is 28.2 Å². The Labute approximate surface area is 189 Å². The highest BCUT2D eigenvalue weighted by Gasteiger charge is 2.12. The molecule has 4 nitrogen and oxygen atoms in total. The minimum Gasteiger partial charge on any atom is -0.493 e. The molecule has 0 aliphatic rings. The van der Waals surface area contributed by atoms with Crippen molar-refractivity contribution < 1.29 is 4.74 Å². The van der Waals surface area contributed by atoms with Crippen LogP contribution in [0.4, 0.5) is 0 Å². The van der Waals surface area contributed by atoms with Crippen LogP contribution in [-0.4, -0.2) is 21.4 Å². The summed E-state index contributed by atoms with van der Waals surface area (Å²) in [6.45, 7) is 7.18. The molecule has 0 aliphatic carbocycles. The monoisotopic (exact) mass is 491 g/mol. The lowest BCUT2D eigenvalue weighted by Crippen LogP contribution is -2.07. The van der Waals surface area contributed by atoms with Gasteiger partial charge in [-0.25, -0.2) is 0 Å². The van der Waals surface area contributed by atoms with Crippen molar-refractivity contribution in [3.63, 3.8) is 0 Å². The van der Waals surface area contributed by atoms with Crippen LogP contribution in [0.2, 0.25) is 5.02 Å². The molecule has 7 heteroatoms. The van der Waals surface area contributed by atoms with Gasteiger partial charge in [-0.15, -0.1) is 16.8 Å². The second kappa shape index (κ2) is 10.9. The molecule has 2 aromatic carbocycles. The van der Waals surface area contributed by atoms with Crippen molar-refractivity contribution >= 4 is 39.3 Å². The highest BCUT2D eigenvalue weighted by Crippen LogP contribution is 2.24. The van der Waals surface area contributed by atoms with Gasteiger partial charge < -0.3 is 9.30 Å². The van der Waals surface area contributed by atoms with Gasteiger partial charge in [-0.05, 0) is 54.8 Å². The first kappa shape index (κ1) is 21.9. The molecular formula is C22H23BrClN3OS. The normalized spacial score (nSPS) is 10.9. The minimum atomic E-state index is 0.616. The Hall–Kier alpha value is -1.76. The summed E-state index contributed by atoms with van der Waals surface area (Å²) in [4.78, 5) is 0. The number of nitrogens with zero attached hydrogens (tertiary/aromatic N) is 3. The summed E-state index contributed by atoms with van der Waals surface area (Å²) in [5.74, 6) is 2.67. The standard InChI is InChI=1S/C22H23BrClN3OS/c1-3-12-27-21(5-4-13-28-20-11-10-19(24)14-16(20)2)25-26-22(27)29-15-17-6-8-18(23)9-7-17/h3,6-11,14H,1,4-5,12-13,15H2,2H3. The number of allylic oxidation sites excluding steroid dienone is 1. The van der Waals surface area contributed by atoms with E-state index in [4.69, 9.17) is 16.3 Å². The zero-order valence-corrected chi connectivity index (χ0v) is 19.4. The number of aryl methyl sites for hydroxylation is 2. The molecule has 0 N–H and O–H groups in total. The van der Waals surface area contributed by atoms with Gasteiger partial charge in [-0.2, -0.15) is 0 Å². The number of halogens is 2. The first-order chi connectivity index (χ1) is 14.1.